The van der Waals surface area contributed by atoms with Crippen LogP contribution in [-0.2, 0) is 4.84 Å². The Morgan fingerprint density at radius 2 is 1.93 bits per heavy atom. The lowest BCUT2D eigenvalue weighted by Gasteiger charge is -2.61. The molecule has 0 amide bonds. The predicted molar refractivity (Wildman–Crippen MR) is 115 cm³/mol. The number of hydrogen-bond donors (Lipinski definition) is 1. The van der Waals surface area contributed by atoms with Crippen molar-refractivity contribution in [2.75, 3.05) is 7.11 Å². The Balaban J connectivity index is 1.49. The minimum Gasteiger partial charge on any atom is -0.431 e. The number of allylic oxidation sites excluding steroid dienone is 2. The molecule has 1 N–H and O–H groups in total. The van der Waals surface area contributed by atoms with Crippen LogP contribution in [0.3, 0.4) is 0 Å². The highest BCUT2D eigenvalue weighted by Gasteiger charge is 2.66. The molecule has 5 nitrogen and oxygen atoms in total. The molecule has 1 aromatic rings. The van der Waals surface area contributed by atoms with E-state index in [-0.39, 0.29) is 22.4 Å². The van der Waals surface area contributed by atoms with Crippen LogP contribution < -0.4 is 5.63 Å². The fourth-order valence-electron chi connectivity index (χ4n) is 7.83. The van der Waals surface area contributed by atoms with Crippen molar-refractivity contribution >= 4 is 5.71 Å². The van der Waals surface area contributed by atoms with Gasteiger partial charge in [-0.05, 0) is 92.2 Å². The molecule has 0 aromatic carbocycles. The summed E-state index contributed by atoms with van der Waals surface area (Å²) in [6.45, 7) is 4.70. The molecule has 3 saturated carbocycles. The van der Waals surface area contributed by atoms with E-state index in [2.05, 4.69) is 25.1 Å². The molecule has 3 fully saturated rings. The lowest BCUT2D eigenvalue weighted by molar-refractivity contribution is -0.176. The van der Waals surface area contributed by atoms with E-state index in [4.69, 9.17) is 9.25 Å². The molecular formula is C25H33NO4. The van der Waals surface area contributed by atoms with Crippen molar-refractivity contribution in [2.45, 2.75) is 76.7 Å². The molecule has 0 bridgehead atoms. The molecule has 30 heavy (non-hydrogen) atoms. The lowest BCUT2D eigenvalue weighted by atomic mass is 9.45. The number of aliphatic hydroxyl groups is 1. The van der Waals surface area contributed by atoms with E-state index >= 15 is 0 Å². The quantitative estimate of drug-likeness (QED) is 0.709. The molecule has 6 atom stereocenters. The summed E-state index contributed by atoms with van der Waals surface area (Å²) in [5.41, 5.74) is 2.60. The number of oxime groups is 1. The summed E-state index contributed by atoms with van der Waals surface area (Å²) in [6, 6.07) is 3.42. The molecule has 6 unspecified atom stereocenters. The Labute approximate surface area is 178 Å². The largest absolute Gasteiger partial charge is 0.431 e. The lowest BCUT2D eigenvalue weighted by Crippen LogP contribution is -2.60. The van der Waals surface area contributed by atoms with E-state index in [1.54, 1.807) is 13.4 Å². The molecule has 0 aliphatic heterocycles. The Bertz CT molecular complexity index is 944. The molecule has 0 radical (unpaired) electrons. The van der Waals surface area contributed by atoms with Crippen molar-refractivity contribution in [1.29, 1.82) is 0 Å². The number of rotatable bonds is 2. The van der Waals surface area contributed by atoms with Gasteiger partial charge in [0.25, 0.3) is 0 Å². The standard InChI is InChI=1S/C25H33NO4/c1-23-11-8-18(26-29-3)14-17(23)5-6-21-20(23)9-12-24(2)19(10-13-25(21,24)28)16-4-7-22(27)30-15-16/h4,7,14-15,19-21,28H,5-6,8-13H2,1-3H3/b26-18+. The van der Waals surface area contributed by atoms with Crippen LogP contribution in [0.15, 0.2) is 44.4 Å². The first-order valence-electron chi connectivity index (χ1n) is 11.4. The second kappa shape index (κ2) is 6.81. The minimum atomic E-state index is -0.661. The topological polar surface area (TPSA) is 72.0 Å². The third-order valence-electron chi connectivity index (χ3n) is 9.50. The van der Waals surface area contributed by atoms with Crippen LogP contribution in [0.5, 0.6) is 0 Å². The number of fused-ring (bicyclic) bond motifs is 5. The maximum Gasteiger partial charge on any atom is 0.335 e. The van der Waals surface area contributed by atoms with Gasteiger partial charge in [-0.3, -0.25) is 0 Å². The Hall–Kier alpha value is -1.88. The van der Waals surface area contributed by atoms with E-state index in [9.17, 15) is 9.90 Å². The second-order valence-corrected chi connectivity index (χ2v) is 10.5. The average molecular weight is 412 g/mol. The molecule has 4 aliphatic carbocycles. The van der Waals surface area contributed by atoms with E-state index < -0.39 is 5.60 Å². The maximum absolute atomic E-state index is 12.2. The molecule has 5 rings (SSSR count). The summed E-state index contributed by atoms with van der Waals surface area (Å²) < 4.78 is 5.19. The average Bonchev–Trinajstić information content (AvgIpc) is 3.01. The molecule has 4 aliphatic rings. The zero-order chi connectivity index (χ0) is 21.1. The molecule has 0 saturated heterocycles. The summed E-state index contributed by atoms with van der Waals surface area (Å²) in [4.78, 5) is 16.5. The van der Waals surface area contributed by atoms with Gasteiger partial charge in [-0.2, -0.15) is 0 Å². The minimum absolute atomic E-state index is 0.143. The normalized spacial score (nSPS) is 44.1. The summed E-state index contributed by atoms with van der Waals surface area (Å²) in [7, 11) is 1.61. The number of nitrogens with zero attached hydrogens (tertiary/aromatic N) is 1. The van der Waals surface area contributed by atoms with Crippen molar-refractivity contribution in [2.24, 2.45) is 27.8 Å². The zero-order valence-corrected chi connectivity index (χ0v) is 18.3. The van der Waals surface area contributed by atoms with Crippen molar-refractivity contribution in [1.82, 2.24) is 0 Å². The first kappa shape index (κ1) is 20.0. The Morgan fingerprint density at radius 3 is 2.67 bits per heavy atom. The van der Waals surface area contributed by atoms with Crippen LogP contribution in [0, 0.1) is 22.7 Å². The third kappa shape index (κ3) is 2.63. The zero-order valence-electron chi connectivity index (χ0n) is 18.3. The van der Waals surface area contributed by atoms with Gasteiger partial charge < -0.3 is 14.4 Å². The predicted octanol–water partition coefficient (Wildman–Crippen LogP) is 4.80. The highest BCUT2D eigenvalue weighted by atomic mass is 16.6. The van der Waals surface area contributed by atoms with Crippen LogP contribution in [0.4, 0.5) is 0 Å². The van der Waals surface area contributed by atoms with Crippen molar-refractivity contribution in [3.8, 4) is 0 Å². The van der Waals surface area contributed by atoms with Gasteiger partial charge in [0.2, 0.25) is 0 Å². The van der Waals surface area contributed by atoms with Crippen molar-refractivity contribution in [3.05, 3.63) is 46.0 Å². The first-order valence-corrected chi connectivity index (χ1v) is 11.4. The van der Waals surface area contributed by atoms with Gasteiger partial charge in [0.1, 0.15) is 7.11 Å². The van der Waals surface area contributed by atoms with Crippen LogP contribution in [0.1, 0.15) is 76.7 Å². The van der Waals surface area contributed by atoms with E-state index in [0.717, 1.165) is 62.6 Å². The summed E-state index contributed by atoms with van der Waals surface area (Å²) in [5.74, 6) is 1.07. The van der Waals surface area contributed by atoms with Crippen LogP contribution >= 0.6 is 0 Å². The van der Waals surface area contributed by atoms with Crippen molar-refractivity contribution < 1.29 is 14.4 Å². The Kier molecular flexibility index (Phi) is 4.55. The van der Waals surface area contributed by atoms with Gasteiger partial charge in [-0.1, -0.05) is 24.6 Å². The number of hydrogen-bond acceptors (Lipinski definition) is 5. The fraction of sp³-hybridized carbons (Fsp3) is 0.680. The maximum atomic E-state index is 12.2. The fourth-order valence-corrected chi connectivity index (χ4v) is 7.83. The van der Waals surface area contributed by atoms with Crippen LogP contribution in [-0.4, -0.2) is 23.5 Å². The van der Waals surface area contributed by atoms with Crippen LogP contribution in [0.25, 0.3) is 0 Å². The monoisotopic (exact) mass is 411 g/mol. The highest BCUT2D eigenvalue weighted by Crippen LogP contribution is 2.69. The molecule has 5 heteroatoms. The molecule has 162 valence electrons. The second-order valence-electron chi connectivity index (χ2n) is 10.5. The highest BCUT2D eigenvalue weighted by molar-refractivity contribution is 5.96. The molecular weight excluding hydrogens is 378 g/mol. The molecule has 1 aromatic heterocycles. The van der Waals surface area contributed by atoms with Crippen molar-refractivity contribution in [3.63, 3.8) is 0 Å². The van der Waals surface area contributed by atoms with E-state index in [0.29, 0.717) is 11.8 Å². The Morgan fingerprint density at radius 1 is 1.10 bits per heavy atom. The smallest absolute Gasteiger partial charge is 0.335 e. The van der Waals surface area contributed by atoms with Gasteiger partial charge in [0.15, 0.2) is 0 Å². The summed E-state index contributed by atoms with van der Waals surface area (Å²) in [5, 5.41) is 16.4. The van der Waals surface area contributed by atoms with Gasteiger partial charge in [0.05, 0.1) is 17.6 Å². The van der Waals surface area contributed by atoms with E-state index in [1.165, 1.54) is 11.6 Å². The first-order chi connectivity index (χ1) is 14.3. The summed E-state index contributed by atoms with van der Waals surface area (Å²) >= 11 is 0. The summed E-state index contributed by atoms with van der Waals surface area (Å²) in [6.07, 6.45) is 11.9. The third-order valence-corrected chi connectivity index (χ3v) is 9.50. The molecule has 0 spiro atoms. The van der Waals surface area contributed by atoms with Crippen LogP contribution in [0.2, 0.25) is 0 Å². The van der Waals surface area contributed by atoms with Gasteiger partial charge in [-0.25, -0.2) is 4.79 Å². The molecule has 1 heterocycles. The van der Waals surface area contributed by atoms with Gasteiger partial charge in [0, 0.05) is 11.5 Å². The van der Waals surface area contributed by atoms with E-state index in [1.807, 2.05) is 6.07 Å². The van der Waals surface area contributed by atoms with Gasteiger partial charge in [-0.15, -0.1) is 0 Å². The SMILES string of the molecule is CO/N=C1/C=C2CCC3C(CCC4(C)C(c5ccc(=O)oc5)CCC34O)C2(C)CC1. The van der Waals surface area contributed by atoms with Gasteiger partial charge >= 0.3 is 5.63 Å².